The Labute approximate surface area is 139 Å². The van der Waals surface area contributed by atoms with Gasteiger partial charge in [-0.15, -0.1) is 10.2 Å². The molecule has 1 amide bonds. The molecule has 0 aliphatic carbocycles. The lowest BCUT2D eigenvalue weighted by Crippen LogP contribution is -2.38. The van der Waals surface area contributed by atoms with Gasteiger partial charge in [-0.25, -0.2) is 0 Å². The quantitative estimate of drug-likeness (QED) is 0.905. The second-order valence-electron chi connectivity index (χ2n) is 6.35. The highest BCUT2D eigenvalue weighted by atomic mass is 16.4. The van der Waals surface area contributed by atoms with Crippen molar-refractivity contribution in [3.63, 3.8) is 0 Å². The maximum absolute atomic E-state index is 12.6. The predicted molar refractivity (Wildman–Crippen MR) is 84.9 cm³/mol. The first-order valence-corrected chi connectivity index (χ1v) is 7.78. The van der Waals surface area contributed by atoms with Gasteiger partial charge in [-0.1, -0.05) is 30.3 Å². The van der Waals surface area contributed by atoms with Crippen LogP contribution in [0.3, 0.4) is 0 Å². The Balaban J connectivity index is 1.73. The summed E-state index contributed by atoms with van der Waals surface area (Å²) in [7, 11) is 0. The Morgan fingerprint density at radius 1 is 1.29 bits per heavy atom. The Hall–Kier alpha value is -2.77. The van der Waals surface area contributed by atoms with Crippen LogP contribution < -0.4 is 0 Å². The van der Waals surface area contributed by atoms with Gasteiger partial charge in [0.1, 0.15) is 6.04 Å². The van der Waals surface area contributed by atoms with E-state index in [0.29, 0.717) is 18.8 Å². The summed E-state index contributed by atoms with van der Waals surface area (Å²) in [4.78, 5) is 26.8. The first kappa shape index (κ1) is 16.1. The second kappa shape index (κ2) is 6.03. The molecule has 2 heterocycles. The molecule has 1 N–H and O–H groups in total. The van der Waals surface area contributed by atoms with Crippen LogP contribution in [0.5, 0.6) is 0 Å². The van der Waals surface area contributed by atoms with E-state index < -0.39 is 17.4 Å². The number of carbonyl (C=O) groups is 2. The molecule has 3 rings (SSSR count). The van der Waals surface area contributed by atoms with Crippen LogP contribution >= 0.6 is 0 Å². The van der Waals surface area contributed by atoms with Crippen molar-refractivity contribution < 1.29 is 14.7 Å². The van der Waals surface area contributed by atoms with Crippen molar-refractivity contribution in [1.29, 1.82) is 0 Å². The molecule has 1 saturated heterocycles. The van der Waals surface area contributed by atoms with Crippen molar-refractivity contribution >= 4 is 11.9 Å². The number of benzene rings is 1. The number of carboxylic acid groups (broad SMARTS) is 1. The van der Waals surface area contributed by atoms with Crippen molar-refractivity contribution in [1.82, 2.24) is 25.1 Å². The Bertz CT molecular complexity index is 760. The van der Waals surface area contributed by atoms with Crippen LogP contribution in [0.4, 0.5) is 0 Å². The monoisotopic (exact) mass is 329 g/mol. The van der Waals surface area contributed by atoms with Gasteiger partial charge in [0.15, 0.2) is 0 Å². The van der Waals surface area contributed by atoms with Crippen molar-refractivity contribution in [3.8, 4) is 11.4 Å². The molecule has 0 radical (unpaired) electrons. The van der Waals surface area contributed by atoms with Crippen LogP contribution in [0.1, 0.15) is 26.3 Å². The van der Waals surface area contributed by atoms with E-state index in [9.17, 15) is 14.7 Å². The molecule has 8 nitrogen and oxygen atoms in total. The van der Waals surface area contributed by atoms with Gasteiger partial charge in [0, 0.05) is 18.7 Å². The number of likely N-dealkylation sites (tertiary alicyclic amines) is 1. The third kappa shape index (κ3) is 2.86. The molecule has 0 spiro atoms. The van der Waals surface area contributed by atoms with Crippen molar-refractivity contribution in [2.45, 2.75) is 26.3 Å². The van der Waals surface area contributed by atoms with E-state index in [4.69, 9.17) is 0 Å². The molecule has 1 aliphatic rings. The molecule has 0 saturated carbocycles. The lowest BCUT2D eigenvalue weighted by Gasteiger charge is -2.22. The average molecular weight is 329 g/mol. The molecule has 1 aliphatic heterocycles. The fourth-order valence-corrected chi connectivity index (χ4v) is 2.78. The Kier molecular flexibility index (Phi) is 4.04. The summed E-state index contributed by atoms with van der Waals surface area (Å²) in [5.74, 6) is -0.625. The maximum atomic E-state index is 12.6. The topological polar surface area (TPSA) is 101 Å². The van der Waals surface area contributed by atoms with Gasteiger partial charge in [-0.05, 0) is 25.5 Å². The molecule has 2 aromatic rings. The zero-order chi connectivity index (χ0) is 17.3. The van der Waals surface area contributed by atoms with Crippen molar-refractivity contribution in [2.24, 2.45) is 5.41 Å². The minimum atomic E-state index is -0.889. The molecular weight excluding hydrogens is 310 g/mol. The van der Waals surface area contributed by atoms with E-state index in [1.165, 1.54) is 4.80 Å². The van der Waals surface area contributed by atoms with Gasteiger partial charge >= 0.3 is 5.97 Å². The molecule has 1 fully saturated rings. The largest absolute Gasteiger partial charge is 0.481 e. The highest BCUT2D eigenvalue weighted by Gasteiger charge is 2.43. The molecule has 2 unspecified atom stereocenters. The molecule has 1 aromatic heterocycles. The number of amides is 1. The summed E-state index contributed by atoms with van der Waals surface area (Å²) in [6, 6.07) is 8.75. The van der Waals surface area contributed by atoms with Gasteiger partial charge in [0.25, 0.3) is 0 Å². The zero-order valence-electron chi connectivity index (χ0n) is 13.6. The number of tetrazole rings is 1. The zero-order valence-corrected chi connectivity index (χ0v) is 13.6. The number of hydrogen-bond donors (Lipinski definition) is 1. The fraction of sp³-hybridized carbons (Fsp3) is 0.438. The van der Waals surface area contributed by atoms with E-state index in [0.717, 1.165) is 5.56 Å². The standard InChI is InChI=1S/C16H19N5O3/c1-11(14(22)20-9-8-16(2,10-20)15(23)24)21-18-13(17-19-21)12-6-4-3-5-7-12/h3-7,11H,8-10H2,1-2H3,(H,23,24). The summed E-state index contributed by atoms with van der Waals surface area (Å²) in [5, 5.41) is 21.5. The van der Waals surface area contributed by atoms with E-state index in [1.54, 1.807) is 18.7 Å². The highest BCUT2D eigenvalue weighted by molar-refractivity contribution is 5.82. The molecule has 2 atom stereocenters. The number of hydrogen-bond acceptors (Lipinski definition) is 5. The maximum Gasteiger partial charge on any atom is 0.311 e. The van der Waals surface area contributed by atoms with Gasteiger partial charge < -0.3 is 10.0 Å². The highest BCUT2D eigenvalue weighted by Crippen LogP contribution is 2.31. The van der Waals surface area contributed by atoms with E-state index in [-0.39, 0.29) is 12.5 Å². The Morgan fingerprint density at radius 3 is 2.62 bits per heavy atom. The van der Waals surface area contributed by atoms with Crippen molar-refractivity contribution in [2.75, 3.05) is 13.1 Å². The molecule has 1 aromatic carbocycles. The fourth-order valence-electron chi connectivity index (χ4n) is 2.78. The minimum absolute atomic E-state index is 0.197. The van der Waals surface area contributed by atoms with E-state index in [1.807, 2.05) is 30.3 Å². The Morgan fingerprint density at radius 2 is 2.00 bits per heavy atom. The van der Waals surface area contributed by atoms with Crippen LogP contribution in [0.25, 0.3) is 11.4 Å². The smallest absolute Gasteiger partial charge is 0.311 e. The van der Waals surface area contributed by atoms with Crippen molar-refractivity contribution in [3.05, 3.63) is 30.3 Å². The van der Waals surface area contributed by atoms with Gasteiger partial charge in [0.05, 0.1) is 5.41 Å². The number of carboxylic acids is 1. The summed E-state index contributed by atoms with van der Waals surface area (Å²) >= 11 is 0. The lowest BCUT2D eigenvalue weighted by molar-refractivity contribution is -0.147. The number of aromatic nitrogens is 4. The van der Waals surface area contributed by atoms with Gasteiger partial charge in [0.2, 0.25) is 11.7 Å². The molecule has 0 bridgehead atoms. The van der Waals surface area contributed by atoms with Crippen LogP contribution in [0.2, 0.25) is 0 Å². The van der Waals surface area contributed by atoms with Gasteiger partial charge in [-0.2, -0.15) is 4.80 Å². The number of aliphatic carboxylic acids is 1. The van der Waals surface area contributed by atoms with Crippen LogP contribution in [0.15, 0.2) is 30.3 Å². The minimum Gasteiger partial charge on any atom is -0.481 e. The molecule has 126 valence electrons. The number of carbonyl (C=O) groups excluding carboxylic acids is 1. The van der Waals surface area contributed by atoms with E-state index in [2.05, 4.69) is 15.4 Å². The summed E-state index contributed by atoms with van der Waals surface area (Å²) < 4.78 is 0. The third-order valence-electron chi connectivity index (χ3n) is 4.47. The SMILES string of the molecule is CC(C(=O)N1CCC(C)(C(=O)O)C1)n1nnc(-c2ccccc2)n1. The van der Waals surface area contributed by atoms with Crippen LogP contribution in [-0.4, -0.2) is 55.2 Å². The van der Waals surface area contributed by atoms with Crippen LogP contribution in [-0.2, 0) is 9.59 Å². The molecule has 8 heteroatoms. The molecule has 24 heavy (non-hydrogen) atoms. The van der Waals surface area contributed by atoms with E-state index >= 15 is 0 Å². The second-order valence-corrected chi connectivity index (χ2v) is 6.35. The summed E-state index contributed by atoms with van der Waals surface area (Å²) in [5.41, 5.74) is -0.0663. The number of nitrogens with zero attached hydrogens (tertiary/aromatic N) is 5. The first-order valence-electron chi connectivity index (χ1n) is 7.78. The molecular formula is C16H19N5O3. The normalized spacial score (nSPS) is 21.7. The summed E-state index contributed by atoms with van der Waals surface area (Å²) in [6.07, 6.45) is 0.445. The first-order chi connectivity index (χ1) is 11.4. The van der Waals surface area contributed by atoms with Gasteiger partial charge in [-0.3, -0.25) is 9.59 Å². The predicted octanol–water partition coefficient (Wildman–Crippen LogP) is 1.22. The van der Waals surface area contributed by atoms with Crippen LogP contribution in [0, 0.1) is 5.41 Å². The lowest BCUT2D eigenvalue weighted by atomic mass is 9.90. The average Bonchev–Trinajstić information content (AvgIpc) is 3.22. The number of rotatable bonds is 4. The third-order valence-corrected chi connectivity index (χ3v) is 4.47. The summed E-state index contributed by atoms with van der Waals surface area (Å²) in [6.45, 7) is 3.97.